The second-order valence-corrected chi connectivity index (χ2v) is 6.41. The molecular formula is C16H18N2O4S. The van der Waals surface area contributed by atoms with Crippen molar-refractivity contribution in [2.24, 2.45) is 5.10 Å². The van der Waals surface area contributed by atoms with Crippen LogP contribution in [0.5, 0.6) is 11.5 Å². The number of nitrogens with zero attached hydrogens (tertiary/aromatic N) is 1. The lowest BCUT2D eigenvalue weighted by Gasteiger charge is -2.07. The minimum Gasteiger partial charge on any atom is -0.493 e. The molecule has 0 fully saturated rings. The van der Waals surface area contributed by atoms with Gasteiger partial charge in [0.15, 0.2) is 11.5 Å². The van der Waals surface area contributed by atoms with Crippen molar-refractivity contribution in [3.63, 3.8) is 0 Å². The maximum Gasteiger partial charge on any atom is 0.251 e. The van der Waals surface area contributed by atoms with Crippen LogP contribution in [0.15, 0.2) is 53.6 Å². The second-order valence-electron chi connectivity index (χ2n) is 4.71. The highest BCUT2D eigenvalue weighted by Gasteiger charge is 2.09. The van der Waals surface area contributed by atoms with Crippen LogP contribution in [0.2, 0.25) is 0 Å². The lowest BCUT2D eigenvalue weighted by atomic mass is 10.2. The Morgan fingerprint density at radius 3 is 2.39 bits per heavy atom. The predicted molar refractivity (Wildman–Crippen MR) is 89.3 cm³/mol. The van der Waals surface area contributed by atoms with Gasteiger partial charge in [-0.3, -0.25) is 0 Å². The van der Waals surface area contributed by atoms with Gasteiger partial charge in [0.25, 0.3) is 10.0 Å². The fourth-order valence-electron chi connectivity index (χ4n) is 1.94. The largest absolute Gasteiger partial charge is 0.493 e. The van der Waals surface area contributed by atoms with E-state index in [0.29, 0.717) is 22.6 Å². The van der Waals surface area contributed by atoms with Crippen molar-refractivity contribution in [1.82, 2.24) is 4.83 Å². The third-order valence-electron chi connectivity index (χ3n) is 3.01. The molecule has 0 saturated carbocycles. The van der Waals surface area contributed by atoms with Crippen LogP contribution in [0.4, 0.5) is 0 Å². The fraction of sp³-hybridized carbons (Fsp3) is 0.188. The maximum atomic E-state index is 11.9. The monoisotopic (exact) mass is 334 g/mol. The minimum absolute atomic E-state index is 0.128. The number of hydrogen-bond acceptors (Lipinski definition) is 5. The van der Waals surface area contributed by atoms with Gasteiger partial charge in [0.2, 0.25) is 0 Å². The van der Waals surface area contributed by atoms with Crippen molar-refractivity contribution < 1.29 is 17.9 Å². The van der Waals surface area contributed by atoms with Crippen LogP contribution in [-0.4, -0.2) is 28.9 Å². The molecule has 7 heteroatoms. The molecule has 2 aromatic carbocycles. The van der Waals surface area contributed by atoms with Crippen LogP contribution in [0.1, 0.15) is 11.1 Å². The lowest BCUT2D eigenvalue weighted by molar-refractivity contribution is 0.355. The summed E-state index contributed by atoms with van der Waals surface area (Å²) >= 11 is 0. The van der Waals surface area contributed by atoms with E-state index in [1.54, 1.807) is 49.6 Å². The highest BCUT2D eigenvalue weighted by Crippen LogP contribution is 2.26. The van der Waals surface area contributed by atoms with Crippen LogP contribution in [0.3, 0.4) is 0 Å². The molecule has 0 bridgehead atoms. The molecule has 0 radical (unpaired) electrons. The molecule has 122 valence electrons. The summed E-state index contributed by atoms with van der Waals surface area (Å²) in [6, 6.07) is 14.1. The van der Waals surface area contributed by atoms with E-state index in [1.807, 2.05) is 6.07 Å². The molecule has 6 nitrogen and oxygen atoms in total. The fourth-order valence-corrected chi connectivity index (χ4v) is 2.85. The highest BCUT2D eigenvalue weighted by molar-refractivity contribution is 7.88. The number of nitrogens with one attached hydrogen (secondary N) is 1. The van der Waals surface area contributed by atoms with E-state index in [4.69, 9.17) is 9.47 Å². The van der Waals surface area contributed by atoms with E-state index >= 15 is 0 Å². The summed E-state index contributed by atoms with van der Waals surface area (Å²) in [5, 5.41) is 3.78. The van der Waals surface area contributed by atoms with Crippen molar-refractivity contribution >= 4 is 16.2 Å². The van der Waals surface area contributed by atoms with Gasteiger partial charge < -0.3 is 9.47 Å². The van der Waals surface area contributed by atoms with Gasteiger partial charge in [-0.1, -0.05) is 30.3 Å². The van der Waals surface area contributed by atoms with Crippen LogP contribution in [0, 0.1) is 0 Å². The van der Waals surface area contributed by atoms with Crippen LogP contribution < -0.4 is 14.3 Å². The van der Waals surface area contributed by atoms with E-state index in [1.165, 1.54) is 13.3 Å². The van der Waals surface area contributed by atoms with Crippen molar-refractivity contribution in [3.05, 3.63) is 59.7 Å². The van der Waals surface area contributed by atoms with Gasteiger partial charge in [-0.25, -0.2) is 13.2 Å². The van der Waals surface area contributed by atoms with Crippen molar-refractivity contribution in [3.8, 4) is 11.5 Å². The first-order valence-corrected chi connectivity index (χ1v) is 8.48. The molecule has 0 amide bonds. The Morgan fingerprint density at radius 1 is 1.04 bits per heavy atom. The summed E-state index contributed by atoms with van der Waals surface area (Å²) in [6.07, 6.45) is 1.41. The molecule has 0 aliphatic rings. The first kappa shape index (κ1) is 16.8. The number of hydrazone groups is 1. The third kappa shape index (κ3) is 5.00. The van der Waals surface area contributed by atoms with Crippen LogP contribution in [0.25, 0.3) is 0 Å². The zero-order valence-electron chi connectivity index (χ0n) is 12.9. The summed E-state index contributed by atoms with van der Waals surface area (Å²) < 4.78 is 34.2. The summed E-state index contributed by atoms with van der Waals surface area (Å²) in [5.41, 5.74) is 1.38. The number of methoxy groups -OCH3 is 2. The summed E-state index contributed by atoms with van der Waals surface area (Å²) in [6.45, 7) is 0. The standard InChI is InChI=1S/C16H18N2O4S/c1-21-15-9-8-14(10-16(15)22-2)11-17-18-23(19,20)12-13-6-4-3-5-7-13/h3-11,18H,12H2,1-2H3/b17-11+. The Balaban J connectivity index is 2.03. The Kier molecular flexibility index (Phi) is 5.59. The third-order valence-corrected chi connectivity index (χ3v) is 4.11. The number of sulfonamides is 1. The number of ether oxygens (including phenoxy) is 2. The molecule has 0 unspecified atom stereocenters. The molecule has 2 rings (SSSR count). The molecule has 1 N–H and O–H groups in total. The number of benzene rings is 2. The minimum atomic E-state index is -3.54. The van der Waals surface area contributed by atoms with Gasteiger partial charge in [-0.15, -0.1) is 0 Å². The average Bonchev–Trinajstić information content (AvgIpc) is 2.55. The molecule has 2 aromatic rings. The molecule has 0 spiro atoms. The molecule has 0 aromatic heterocycles. The van der Waals surface area contributed by atoms with Crippen molar-refractivity contribution in [1.29, 1.82) is 0 Å². The first-order valence-electron chi connectivity index (χ1n) is 6.82. The summed E-state index contributed by atoms with van der Waals surface area (Å²) in [4.78, 5) is 2.19. The Labute approximate surface area is 135 Å². The molecule has 0 aliphatic heterocycles. The van der Waals surface area contributed by atoms with Crippen LogP contribution >= 0.6 is 0 Å². The maximum absolute atomic E-state index is 11.9. The molecule has 0 atom stereocenters. The SMILES string of the molecule is COc1ccc(/C=N/NS(=O)(=O)Cc2ccccc2)cc1OC. The normalized spacial score (nSPS) is 11.4. The van der Waals surface area contributed by atoms with E-state index in [9.17, 15) is 8.42 Å². The molecule has 0 aliphatic carbocycles. The molecule has 0 saturated heterocycles. The Bertz CT molecular complexity index is 774. The number of rotatable bonds is 7. The highest BCUT2D eigenvalue weighted by atomic mass is 32.2. The van der Waals surface area contributed by atoms with Gasteiger partial charge in [0, 0.05) is 0 Å². The van der Waals surface area contributed by atoms with E-state index in [-0.39, 0.29) is 5.75 Å². The quantitative estimate of drug-likeness (QED) is 0.622. The van der Waals surface area contributed by atoms with Crippen LogP contribution in [-0.2, 0) is 15.8 Å². The lowest BCUT2D eigenvalue weighted by Crippen LogP contribution is -2.20. The number of hydrogen-bond donors (Lipinski definition) is 1. The Hall–Kier alpha value is -2.54. The topological polar surface area (TPSA) is 77.0 Å². The summed E-state index contributed by atoms with van der Waals surface area (Å²) in [7, 11) is -0.463. The zero-order chi connectivity index (χ0) is 16.7. The van der Waals surface area contributed by atoms with E-state index in [2.05, 4.69) is 9.93 Å². The van der Waals surface area contributed by atoms with Gasteiger partial charge in [0.1, 0.15) is 0 Å². The zero-order valence-corrected chi connectivity index (χ0v) is 13.7. The molecular weight excluding hydrogens is 316 g/mol. The molecule has 23 heavy (non-hydrogen) atoms. The smallest absolute Gasteiger partial charge is 0.251 e. The van der Waals surface area contributed by atoms with Gasteiger partial charge in [0.05, 0.1) is 26.2 Å². The van der Waals surface area contributed by atoms with Crippen molar-refractivity contribution in [2.75, 3.05) is 14.2 Å². The van der Waals surface area contributed by atoms with Gasteiger partial charge in [-0.05, 0) is 29.3 Å². The molecule has 0 heterocycles. The van der Waals surface area contributed by atoms with Gasteiger partial charge in [-0.2, -0.15) is 5.10 Å². The summed E-state index contributed by atoms with van der Waals surface area (Å²) in [5.74, 6) is 1.01. The Morgan fingerprint density at radius 2 is 1.74 bits per heavy atom. The van der Waals surface area contributed by atoms with E-state index in [0.717, 1.165) is 0 Å². The second kappa shape index (κ2) is 7.64. The first-order chi connectivity index (χ1) is 11.0. The average molecular weight is 334 g/mol. The van der Waals surface area contributed by atoms with E-state index < -0.39 is 10.0 Å². The van der Waals surface area contributed by atoms with Gasteiger partial charge >= 0.3 is 0 Å². The predicted octanol–water partition coefficient (Wildman–Crippen LogP) is 2.16. The van der Waals surface area contributed by atoms with Crippen molar-refractivity contribution in [2.45, 2.75) is 5.75 Å².